The zero-order chi connectivity index (χ0) is 9.84. The summed E-state index contributed by atoms with van der Waals surface area (Å²) in [4.78, 5) is 2.58. The molecule has 1 heteroatoms. The molecule has 1 heterocycles. The Labute approximate surface area is 82.8 Å². The summed E-state index contributed by atoms with van der Waals surface area (Å²) in [6, 6.07) is 0.755. The molecule has 0 aromatic heterocycles. The first-order chi connectivity index (χ1) is 6.15. The molecule has 0 saturated carbocycles. The molecule has 1 atom stereocenters. The van der Waals surface area contributed by atoms with Crippen LogP contribution in [0.25, 0.3) is 0 Å². The van der Waals surface area contributed by atoms with Gasteiger partial charge in [0, 0.05) is 19.1 Å². The Kier molecular flexibility index (Phi) is 3.98. The Morgan fingerprint density at radius 3 is 2.46 bits per heavy atom. The number of hydrogen-bond donors (Lipinski definition) is 0. The number of rotatable bonds is 3. The quantitative estimate of drug-likeness (QED) is 0.605. The van der Waals surface area contributed by atoms with Crippen LogP contribution in [-0.4, -0.2) is 24.0 Å². The molecule has 0 saturated heterocycles. The maximum Gasteiger partial charge on any atom is 0.0168 e. The molecule has 1 aliphatic rings. The van der Waals surface area contributed by atoms with Crippen LogP contribution in [0.4, 0.5) is 0 Å². The highest BCUT2D eigenvalue weighted by Crippen LogP contribution is 2.20. The van der Waals surface area contributed by atoms with Crippen LogP contribution in [0.1, 0.15) is 40.5 Å². The van der Waals surface area contributed by atoms with Crippen LogP contribution in [0.15, 0.2) is 11.6 Å². The van der Waals surface area contributed by atoms with Crippen molar-refractivity contribution >= 4 is 0 Å². The summed E-state index contributed by atoms with van der Waals surface area (Å²) < 4.78 is 0. The van der Waals surface area contributed by atoms with Gasteiger partial charge in [-0.1, -0.05) is 32.4 Å². The summed E-state index contributed by atoms with van der Waals surface area (Å²) in [5.41, 5.74) is 1.65. The lowest BCUT2D eigenvalue weighted by Crippen LogP contribution is -2.36. The molecule has 0 spiro atoms. The summed E-state index contributed by atoms with van der Waals surface area (Å²) in [6.07, 6.45) is 4.98. The Bertz CT molecular complexity index is 182. The van der Waals surface area contributed by atoms with E-state index in [0.717, 1.165) is 12.0 Å². The maximum atomic E-state index is 2.58. The molecule has 0 fully saturated rings. The monoisotopic (exact) mass is 181 g/mol. The molecule has 0 amide bonds. The second-order valence-corrected chi connectivity index (χ2v) is 4.44. The Balaban J connectivity index is 2.46. The van der Waals surface area contributed by atoms with E-state index in [1.807, 2.05) is 0 Å². The van der Waals surface area contributed by atoms with Crippen molar-refractivity contribution in [2.75, 3.05) is 13.1 Å². The summed E-state index contributed by atoms with van der Waals surface area (Å²) in [5.74, 6) is 0.749. The minimum Gasteiger partial charge on any atom is -0.297 e. The molecule has 0 bridgehead atoms. The second-order valence-electron chi connectivity index (χ2n) is 4.44. The van der Waals surface area contributed by atoms with Crippen LogP contribution in [0.3, 0.4) is 0 Å². The van der Waals surface area contributed by atoms with Crippen molar-refractivity contribution in [3.05, 3.63) is 11.6 Å². The zero-order valence-corrected chi connectivity index (χ0v) is 9.51. The van der Waals surface area contributed by atoms with E-state index in [4.69, 9.17) is 0 Å². The van der Waals surface area contributed by atoms with Crippen LogP contribution in [0.5, 0.6) is 0 Å². The minimum atomic E-state index is 0.749. The molecule has 0 aromatic carbocycles. The Hall–Kier alpha value is -0.300. The highest BCUT2D eigenvalue weighted by atomic mass is 15.1. The average Bonchev–Trinajstić information content (AvgIpc) is 2.17. The summed E-state index contributed by atoms with van der Waals surface area (Å²) in [7, 11) is 0. The van der Waals surface area contributed by atoms with Gasteiger partial charge in [0.05, 0.1) is 0 Å². The van der Waals surface area contributed by atoms with Crippen LogP contribution >= 0.6 is 0 Å². The predicted octanol–water partition coefficient (Wildman–Crippen LogP) is 3.07. The summed E-state index contributed by atoms with van der Waals surface area (Å²) in [6.45, 7) is 11.6. The van der Waals surface area contributed by atoms with Crippen molar-refractivity contribution in [2.45, 2.75) is 46.6 Å². The fourth-order valence-corrected chi connectivity index (χ4v) is 1.88. The van der Waals surface area contributed by atoms with Gasteiger partial charge in [0.2, 0.25) is 0 Å². The highest BCUT2D eigenvalue weighted by Gasteiger charge is 2.16. The zero-order valence-electron chi connectivity index (χ0n) is 9.51. The van der Waals surface area contributed by atoms with Crippen molar-refractivity contribution in [2.24, 2.45) is 5.92 Å². The third-order valence-corrected chi connectivity index (χ3v) is 3.23. The van der Waals surface area contributed by atoms with Crippen LogP contribution in [0, 0.1) is 5.92 Å². The molecule has 0 radical (unpaired) electrons. The normalized spacial score (nSPS) is 21.8. The van der Waals surface area contributed by atoms with Gasteiger partial charge in [-0.25, -0.2) is 0 Å². The molecular formula is C12H23N. The molecule has 0 aromatic rings. The molecule has 1 unspecified atom stereocenters. The molecule has 0 aliphatic carbocycles. The van der Waals surface area contributed by atoms with Gasteiger partial charge >= 0.3 is 0 Å². The molecule has 13 heavy (non-hydrogen) atoms. The first-order valence-electron chi connectivity index (χ1n) is 5.58. The molecule has 1 rings (SSSR count). The fraction of sp³-hybridized carbons (Fsp3) is 0.833. The predicted molar refractivity (Wildman–Crippen MR) is 58.9 cm³/mol. The highest BCUT2D eigenvalue weighted by molar-refractivity contribution is 5.09. The van der Waals surface area contributed by atoms with Crippen LogP contribution in [-0.2, 0) is 0 Å². The maximum absolute atomic E-state index is 2.58. The van der Waals surface area contributed by atoms with Gasteiger partial charge in [0.25, 0.3) is 0 Å². The van der Waals surface area contributed by atoms with Crippen molar-refractivity contribution in [3.8, 4) is 0 Å². The van der Waals surface area contributed by atoms with E-state index in [1.54, 1.807) is 5.57 Å². The van der Waals surface area contributed by atoms with Gasteiger partial charge in [-0.15, -0.1) is 0 Å². The lowest BCUT2D eigenvalue weighted by Gasteiger charge is -2.32. The van der Waals surface area contributed by atoms with Crippen molar-refractivity contribution < 1.29 is 0 Å². The second kappa shape index (κ2) is 4.80. The average molecular weight is 181 g/mol. The van der Waals surface area contributed by atoms with Crippen LogP contribution < -0.4 is 0 Å². The Morgan fingerprint density at radius 2 is 2.08 bits per heavy atom. The summed E-state index contributed by atoms with van der Waals surface area (Å²) in [5, 5.41) is 0. The van der Waals surface area contributed by atoms with Crippen molar-refractivity contribution in [1.82, 2.24) is 4.90 Å². The van der Waals surface area contributed by atoms with Gasteiger partial charge in [-0.2, -0.15) is 0 Å². The van der Waals surface area contributed by atoms with Gasteiger partial charge in [-0.05, 0) is 25.7 Å². The molecule has 76 valence electrons. The first-order valence-corrected chi connectivity index (χ1v) is 5.58. The largest absolute Gasteiger partial charge is 0.297 e. The van der Waals surface area contributed by atoms with Gasteiger partial charge in [0.1, 0.15) is 0 Å². The van der Waals surface area contributed by atoms with Gasteiger partial charge in [-0.3, -0.25) is 4.90 Å². The topological polar surface area (TPSA) is 3.24 Å². The van der Waals surface area contributed by atoms with E-state index >= 15 is 0 Å². The Morgan fingerprint density at radius 1 is 1.38 bits per heavy atom. The summed E-state index contributed by atoms with van der Waals surface area (Å²) >= 11 is 0. The minimum absolute atomic E-state index is 0.749. The molecular weight excluding hydrogens is 158 g/mol. The lowest BCUT2D eigenvalue weighted by molar-refractivity contribution is 0.216. The van der Waals surface area contributed by atoms with E-state index in [-0.39, 0.29) is 0 Å². The third kappa shape index (κ3) is 2.84. The standard InChI is InChI=1S/C12H23N/c1-5-11(4)13-8-6-12(7-9-13)10(2)3/h6,10-11H,5,7-9H2,1-4H3. The van der Waals surface area contributed by atoms with Crippen molar-refractivity contribution in [1.29, 1.82) is 0 Å². The molecule has 1 nitrogen and oxygen atoms in total. The smallest absolute Gasteiger partial charge is 0.0168 e. The first kappa shape index (κ1) is 10.8. The number of hydrogen-bond acceptors (Lipinski definition) is 1. The van der Waals surface area contributed by atoms with Gasteiger partial charge in [0.15, 0.2) is 0 Å². The van der Waals surface area contributed by atoms with Crippen LogP contribution in [0.2, 0.25) is 0 Å². The van der Waals surface area contributed by atoms with Crippen molar-refractivity contribution in [3.63, 3.8) is 0 Å². The number of nitrogens with zero attached hydrogens (tertiary/aromatic N) is 1. The van der Waals surface area contributed by atoms with E-state index in [9.17, 15) is 0 Å². The van der Waals surface area contributed by atoms with E-state index < -0.39 is 0 Å². The van der Waals surface area contributed by atoms with Gasteiger partial charge < -0.3 is 0 Å². The van der Waals surface area contributed by atoms with E-state index in [1.165, 1.54) is 25.9 Å². The fourth-order valence-electron chi connectivity index (χ4n) is 1.88. The third-order valence-electron chi connectivity index (χ3n) is 3.23. The lowest BCUT2D eigenvalue weighted by atomic mass is 9.96. The van der Waals surface area contributed by atoms with E-state index in [2.05, 4.69) is 38.7 Å². The SMILES string of the molecule is CCC(C)N1CC=C(C(C)C)CC1. The molecule has 1 aliphatic heterocycles. The molecule has 0 N–H and O–H groups in total. The van der Waals surface area contributed by atoms with E-state index in [0.29, 0.717) is 0 Å².